The van der Waals surface area contributed by atoms with Crippen molar-refractivity contribution >= 4 is 27.8 Å². The third-order valence-electron chi connectivity index (χ3n) is 14.0. The number of fused-ring (bicyclic) bond motifs is 10. The van der Waals surface area contributed by atoms with Crippen LogP contribution >= 0.6 is 0 Å². The minimum absolute atomic E-state index is 0.550. The van der Waals surface area contributed by atoms with Gasteiger partial charge in [0, 0.05) is 28.1 Å². The van der Waals surface area contributed by atoms with Crippen molar-refractivity contribution in [1.29, 1.82) is 0 Å². The van der Waals surface area contributed by atoms with Gasteiger partial charge in [0.25, 0.3) is 0 Å². The fourth-order valence-corrected chi connectivity index (χ4v) is 11.0. The van der Waals surface area contributed by atoms with Crippen LogP contribution in [-0.4, -0.2) is 0 Å². The summed E-state index contributed by atoms with van der Waals surface area (Å²) in [6.07, 6.45) is 0. The van der Waals surface area contributed by atoms with E-state index < -0.39 is 5.41 Å². The van der Waals surface area contributed by atoms with Crippen LogP contribution in [0, 0.1) is 0 Å². The molecule has 0 saturated heterocycles. The maximum Gasteiger partial charge on any atom is 0.132 e. The molecule has 1 heterocycles. The third-order valence-corrected chi connectivity index (χ3v) is 14.0. The standard InChI is InChI=1S/C65H43NO/c1-2-19-46(20-3-1)51-22-6-7-23-52(51)53-24-8-9-25-54(53)56-27-11-15-31-62(56)66(49-38-36-45(37-39-49)48-35-34-44-18-4-5-21-47(44)42-48)50-40-41-59-57(43-50)55-26-10-12-28-58(55)65(59)60-29-13-16-32-63(60)67-64-33-17-14-30-61(64)65/h1-43H. The number of nitrogens with zero attached hydrogens (tertiary/aromatic N) is 1. The minimum Gasteiger partial charge on any atom is -0.457 e. The molecule has 67 heavy (non-hydrogen) atoms. The lowest BCUT2D eigenvalue weighted by Gasteiger charge is -2.39. The number of benzene rings is 11. The van der Waals surface area contributed by atoms with E-state index in [2.05, 4.69) is 266 Å². The molecule has 11 aromatic carbocycles. The van der Waals surface area contributed by atoms with Crippen molar-refractivity contribution in [2.75, 3.05) is 4.90 Å². The Kier molecular flexibility index (Phi) is 9.11. The second-order valence-corrected chi connectivity index (χ2v) is 17.5. The zero-order valence-electron chi connectivity index (χ0n) is 36.7. The lowest BCUT2D eigenvalue weighted by Crippen LogP contribution is -2.32. The summed E-state index contributed by atoms with van der Waals surface area (Å²) in [5, 5.41) is 2.48. The predicted octanol–water partition coefficient (Wildman–Crippen LogP) is 17.4. The van der Waals surface area contributed by atoms with Gasteiger partial charge >= 0.3 is 0 Å². The summed E-state index contributed by atoms with van der Waals surface area (Å²) < 4.78 is 6.66. The summed E-state index contributed by atoms with van der Waals surface area (Å²) in [4.78, 5) is 2.46. The van der Waals surface area contributed by atoms with Crippen molar-refractivity contribution in [1.82, 2.24) is 0 Å². The highest BCUT2D eigenvalue weighted by atomic mass is 16.5. The molecular weight excluding hydrogens is 811 g/mol. The van der Waals surface area contributed by atoms with Crippen LogP contribution in [-0.2, 0) is 5.41 Å². The first-order valence-corrected chi connectivity index (χ1v) is 23.1. The molecular formula is C65H43NO. The summed E-state index contributed by atoms with van der Waals surface area (Å²) in [6, 6.07) is 95.0. The summed E-state index contributed by atoms with van der Waals surface area (Å²) in [7, 11) is 0. The Bertz CT molecular complexity index is 3640. The fourth-order valence-electron chi connectivity index (χ4n) is 11.0. The topological polar surface area (TPSA) is 12.5 Å². The molecule has 11 aromatic rings. The van der Waals surface area contributed by atoms with Crippen LogP contribution in [0.15, 0.2) is 261 Å². The maximum absolute atomic E-state index is 6.66. The van der Waals surface area contributed by atoms with Gasteiger partial charge in [-0.25, -0.2) is 0 Å². The third kappa shape index (κ3) is 6.18. The molecule has 1 aliphatic carbocycles. The molecule has 0 unspecified atom stereocenters. The van der Waals surface area contributed by atoms with E-state index in [0.29, 0.717) is 0 Å². The molecule has 314 valence electrons. The van der Waals surface area contributed by atoms with E-state index in [9.17, 15) is 0 Å². The molecule has 0 aromatic heterocycles. The van der Waals surface area contributed by atoms with Crippen LogP contribution in [0.2, 0.25) is 0 Å². The smallest absolute Gasteiger partial charge is 0.132 e. The lowest BCUT2D eigenvalue weighted by atomic mass is 9.66. The van der Waals surface area contributed by atoms with Gasteiger partial charge < -0.3 is 9.64 Å². The molecule has 0 fully saturated rings. The molecule has 1 spiro atoms. The number of para-hydroxylation sites is 3. The van der Waals surface area contributed by atoms with Crippen LogP contribution < -0.4 is 9.64 Å². The first kappa shape index (κ1) is 38.7. The normalized spacial score (nSPS) is 12.7. The van der Waals surface area contributed by atoms with E-state index in [1.165, 1.54) is 72.0 Å². The van der Waals surface area contributed by atoms with E-state index in [1.807, 2.05) is 0 Å². The summed E-state index contributed by atoms with van der Waals surface area (Å²) in [6.45, 7) is 0. The molecule has 0 amide bonds. The second-order valence-electron chi connectivity index (χ2n) is 17.5. The van der Waals surface area contributed by atoms with Gasteiger partial charge in [0.2, 0.25) is 0 Å². The summed E-state index contributed by atoms with van der Waals surface area (Å²) in [5.41, 5.74) is 19.4. The zero-order chi connectivity index (χ0) is 44.3. The number of hydrogen-bond acceptors (Lipinski definition) is 2. The first-order valence-electron chi connectivity index (χ1n) is 23.1. The Labute approximate surface area is 391 Å². The Balaban J connectivity index is 1.03. The van der Waals surface area contributed by atoms with Crippen LogP contribution in [0.25, 0.3) is 66.4 Å². The van der Waals surface area contributed by atoms with Gasteiger partial charge in [-0.05, 0) is 121 Å². The van der Waals surface area contributed by atoms with Gasteiger partial charge in [-0.15, -0.1) is 0 Å². The zero-order valence-corrected chi connectivity index (χ0v) is 36.7. The molecule has 0 bridgehead atoms. The first-order chi connectivity index (χ1) is 33.2. The minimum atomic E-state index is -0.550. The van der Waals surface area contributed by atoms with Gasteiger partial charge in [0.1, 0.15) is 11.5 Å². The maximum atomic E-state index is 6.66. The number of hydrogen-bond donors (Lipinski definition) is 0. The number of ether oxygens (including phenoxy) is 1. The van der Waals surface area contributed by atoms with Gasteiger partial charge in [-0.3, -0.25) is 0 Å². The lowest BCUT2D eigenvalue weighted by molar-refractivity contribution is 0.436. The van der Waals surface area contributed by atoms with E-state index in [4.69, 9.17) is 4.74 Å². The average molecular weight is 854 g/mol. The molecule has 0 saturated carbocycles. The van der Waals surface area contributed by atoms with Crippen molar-refractivity contribution in [3.8, 4) is 67.1 Å². The monoisotopic (exact) mass is 853 g/mol. The predicted molar refractivity (Wildman–Crippen MR) is 278 cm³/mol. The van der Waals surface area contributed by atoms with E-state index in [0.717, 1.165) is 45.3 Å². The van der Waals surface area contributed by atoms with E-state index in [1.54, 1.807) is 0 Å². The van der Waals surface area contributed by atoms with Crippen molar-refractivity contribution in [2.24, 2.45) is 0 Å². The van der Waals surface area contributed by atoms with Crippen LogP contribution in [0.5, 0.6) is 11.5 Å². The fraction of sp³-hybridized carbons (Fsp3) is 0.0154. The van der Waals surface area contributed by atoms with Gasteiger partial charge in [-0.1, -0.05) is 212 Å². The largest absolute Gasteiger partial charge is 0.457 e. The number of anilines is 3. The molecule has 2 nitrogen and oxygen atoms in total. The highest BCUT2D eigenvalue weighted by Crippen LogP contribution is 2.62. The quantitative estimate of drug-likeness (QED) is 0.158. The molecule has 13 rings (SSSR count). The molecule has 0 radical (unpaired) electrons. The van der Waals surface area contributed by atoms with Gasteiger partial charge in [-0.2, -0.15) is 0 Å². The molecule has 0 N–H and O–H groups in total. The SMILES string of the molecule is c1ccc(-c2ccccc2-c2ccccc2-c2ccccc2N(c2ccc(-c3ccc4ccccc4c3)cc2)c2ccc3c(c2)-c2ccccc2C32c3ccccc3Oc3ccccc32)cc1. The van der Waals surface area contributed by atoms with Crippen molar-refractivity contribution in [2.45, 2.75) is 5.41 Å². The Morgan fingerprint density at radius 1 is 0.269 bits per heavy atom. The van der Waals surface area contributed by atoms with Crippen molar-refractivity contribution < 1.29 is 4.74 Å². The van der Waals surface area contributed by atoms with Gasteiger partial charge in [0.05, 0.1) is 11.1 Å². The average Bonchev–Trinajstić information content (AvgIpc) is 3.69. The van der Waals surface area contributed by atoms with Crippen LogP contribution in [0.3, 0.4) is 0 Å². The Morgan fingerprint density at radius 3 is 1.48 bits per heavy atom. The molecule has 2 heteroatoms. The van der Waals surface area contributed by atoms with Crippen molar-refractivity contribution in [3.63, 3.8) is 0 Å². The summed E-state index contributed by atoms with van der Waals surface area (Å²) >= 11 is 0. The van der Waals surface area contributed by atoms with Crippen LogP contribution in [0.1, 0.15) is 22.3 Å². The highest BCUT2D eigenvalue weighted by molar-refractivity contribution is 5.99. The van der Waals surface area contributed by atoms with E-state index in [-0.39, 0.29) is 0 Å². The van der Waals surface area contributed by atoms with Crippen molar-refractivity contribution in [3.05, 3.63) is 283 Å². The highest BCUT2D eigenvalue weighted by Gasteiger charge is 2.51. The van der Waals surface area contributed by atoms with Crippen LogP contribution in [0.4, 0.5) is 17.1 Å². The molecule has 0 atom stereocenters. The summed E-state index contributed by atoms with van der Waals surface area (Å²) in [5.74, 6) is 1.78. The Hall–Kier alpha value is -8.72. The van der Waals surface area contributed by atoms with Gasteiger partial charge in [0.15, 0.2) is 0 Å². The second kappa shape index (κ2) is 15.8. The molecule has 2 aliphatic rings. The Morgan fingerprint density at radius 2 is 0.761 bits per heavy atom. The van der Waals surface area contributed by atoms with E-state index >= 15 is 0 Å². The number of rotatable bonds is 7. The molecule has 1 aliphatic heterocycles.